The average Bonchev–Trinajstić information content (AvgIpc) is 3.21. The number of rotatable bonds is 3. The van der Waals surface area contributed by atoms with Gasteiger partial charge in [0, 0.05) is 0 Å². The van der Waals surface area contributed by atoms with Gasteiger partial charge in [0.1, 0.15) is 5.25 Å². The minimum Gasteiger partial charge on any atom is -0.454 e. The first-order valence-corrected chi connectivity index (χ1v) is 8.21. The lowest BCUT2D eigenvalue weighted by molar-refractivity contribution is -0.118. The molecule has 2 aliphatic heterocycles. The fraction of sp³-hybridized carbons (Fsp3) is 0.118. The third-order valence-electron chi connectivity index (χ3n) is 3.55. The average molecular weight is 339 g/mol. The summed E-state index contributed by atoms with van der Waals surface area (Å²) in [6.07, 6.45) is 1.61. The van der Waals surface area contributed by atoms with Gasteiger partial charge in [-0.3, -0.25) is 4.79 Å². The van der Waals surface area contributed by atoms with Crippen molar-refractivity contribution in [2.75, 3.05) is 6.79 Å². The predicted molar refractivity (Wildman–Crippen MR) is 92.5 cm³/mol. The topological polar surface area (TPSA) is 72.3 Å². The van der Waals surface area contributed by atoms with Crippen LogP contribution < -0.4 is 14.8 Å². The van der Waals surface area contributed by atoms with Gasteiger partial charge in [0.25, 0.3) is 0 Å². The minimum absolute atomic E-state index is 0.0803. The molecular formula is C17H13N3O3S. The Kier molecular flexibility index (Phi) is 3.92. The second kappa shape index (κ2) is 6.37. The molecule has 4 rings (SSSR count). The van der Waals surface area contributed by atoms with Crippen molar-refractivity contribution in [3.05, 3.63) is 59.7 Å². The van der Waals surface area contributed by atoms with Crippen LogP contribution in [-0.2, 0) is 4.79 Å². The van der Waals surface area contributed by atoms with E-state index in [2.05, 4.69) is 15.5 Å². The first kappa shape index (κ1) is 14.8. The van der Waals surface area contributed by atoms with Gasteiger partial charge in [0.2, 0.25) is 12.7 Å². The van der Waals surface area contributed by atoms with Gasteiger partial charge in [-0.1, -0.05) is 42.1 Å². The smallest absolute Gasteiger partial charge is 0.244 e. The molecule has 2 aliphatic rings. The SMILES string of the molecule is O=C1N/C(=N/N=Cc2ccc3c(c2)OCO3)SC1c1ccccc1. The molecule has 0 saturated carbocycles. The highest BCUT2D eigenvalue weighted by Gasteiger charge is 2.31. The largest absolute Gasteiger partial charge is 0.454 e. The molecule has 0 radical (unpaired) electrons. The van der Waals surface area contributed by atoms with Crippen molar-refractivity contribution in [1.29, 1.82) is 0 Å². The van der Waals surface area contributed by atoms with Gasteiger partial charge in [0.15, 0.2) is 16.7 Å². The molecule has 0 bridgehead atoms. The third kappa shape index (κ3) is 2.98. The number of hydrogen-bond donors (Lipinski definition) is 1. The molecule has 0 spiro atoms. The molecule has 1 saturated heterocycles. The maximum atomic E-state index is 12.1. The van der Waals surface area contributed by atoms with E-state index in [1.54, 1.807) is 6.21 Å². The van der Waals surface area contributed by atoms with E-state index in [-0.39, 0.29) is 18.0 Å². The molecule has 2 aromatic carbocycles. The summed E-state index contributed by atoms with van der Waals surface area (Å²) in [4.78, 5) is 12.1. The van der Waals surface area contributed by atoms with E-state index >= 15 is 0 Å². The number of ether oxygens (including phenoxy) is 2. The van der Waals surface area contributed by atoms with Crippen molar-refractivity contribution in [2.45, 2.75) is 5.25 Å². The van der Waals surface area contributed by atoms with Gasteiger partial charge >= 0.3 is 0 Å². The van der Waals surface area contributed by atoms with Crippen LogP contribution in [0.1, 0.15) is 16.4 Å². The molecule has 0 aromatic heterocycles. The molecule has 24 heavy (non-hydrogen) atoms. The molecule has 2 heterocycles. The van der Waals surface area contributed by atoms with Crippen molar-refractivity contribution in [1.82, 2.24) is 5.32 Å². The Hall–Kier alpha value is -2.80. The van der Waals surface area contributed by atoms with Gasteiger partial charge in [-0.25, -0.2) is 0 Å². The number of hydrogen-bond acceptors (Lipinski definition) is 6. The minimum atomic E-state index is -0.286. The summed E-state index contributed by atoms with van der Waals surface area (Å²) < 4.78 is 10.6. The molecule has 1 unspecified atom stereocenters. The van der Waals surface area contributed by atoms with Crippen molar-refractivity contribution in [3.8, 4) is 11.5 Å². The normalized spacial score (nSPS) is 20.8. The van der Waals surface area contributed by atoms with Crippen LogP contribution >= 0.6 is 11.8 Å². The quantitative estimate of drug-likeness (QED) is 0.689. The lowest BCUT2D eigenvalue weighted by Gasteiger charge is -2.03. The van der Waals surface area contributed by atoms with Crippen LogP contribution in [0.3, 0.4) is 0 Å². The maximum absolute atomic E-state index is 12.1. The van der Waals surface area contributed by atoms with Crippen LogP contribution in [0.4, 0.5) is 0 Å². The summed E-state index contributed by atoms with van der Waals surface area (Å²) in [6.45, 7) is 0.238. The highest BCUT2D eigenvalue weighted by Crippen LogP contribution is 2.34. The molecule has 0 aliphatic carbocycles. The molecule has 1 fully saturated rings. The molecule has 120 valence electrons. The Morgan fingerprint density at radius 3 is 2.83 bits per heavy atom. The second-order valence-corrected chi connectivity index (χ2v) is 6.25. The second-order valence-electron chi connectivity index (χ2n) is 5.16. The highest BCUT2D eigenvalue weighted by atomic mass is 32.2. The van der Waals surface area contributed by atoms with Crippen molar-refractivity contribution >= 4 is 29.1 Å². The van der Waals surface area contributed by atoms with Crippen molar-refractivity contribution in [2.24, 2.45) is 10.2 Å². The summed E-state index contributed by atoms with van der Waals surface area (Å²) in [6, 6.07) is 15.1. The number of benzene rings is 2. The molecule has 2 aromatic rings. The van der Waals surface area contributed by atoms with Gasteiger partial charge in [-0.15, -0.1) is 5.10 Å². The van der Waals surface area contributed by atoms with E-state index in [0.29, 0.717) is 10.9 Å². The van der Waals surface area contributed by atoms with E-state index in [0.717, 1.165) is 16.9 Å². The number of carbonyl (C=O) groups excluding carboxylic acids is 1. The Bertz CT molecular complexity index is 836. The summed E-state index contributed by atoms with van der Waals surface area (Å²) in [5.74, 6) is 1.34. The predicted octanol–water partition coefficient (Wildman–Crippen LogP) is 2.71. The number of nitrogens with zero attached hydrogens (tertiary/aromatic N) is 2. The zero-order chi connectivity index (χ0) is 16.4. The Morgan fingerprint density at radius 2 is 1.96 bits per heavy atom. The maximum Gasteiger partial charge on any atom is 0.244 e. The molecule has 7 heteroatoms. The van der Waals surface area contributed by atoms with Crippen molar-refractivity contribution < 1.29 is 14.3 Å². The molecular weight excluding hydrogens is 326 g/mol. The molecule has 1 atom stereocenters. The van der Waals surface area contributed by atoms with E-state index in [9.17, 15) is 4.79 Å². The number of thioether (sulfide) groups is 1. The number of carbonyl (C=O) groups is 1. The van der Waals surface area contributed by atoms with Gasteiger partial charge < -0.3 is 14.8 Å². The number of amidine groups is 1. The molecule has 6 nitrogen and oxygen atoms in total. The van der Waals surface area contributed by atoms with E-state index in [1.807, 2.05) is 48.5 Å². The van der Waals surface area contributed by atoms with Crippen LogP contribution in [0.25, 0.3) is 0 Å². The van der Waals surface area contributed by atoms with Crippen LogP contribution in [-0.4, -0.2) is 24.1 Å². The first-order chi connectivity index (χ1) is 11.8. The van der Waals surface area contributed by atoms with Crippen LogP contribution in [0, 0.1) is 0 Å². The van der Waals surface area contributed by atoms with Crippen molar-refractivity contribution in [3.63, 3.8) is 0 Å². The van der Waals surface area contributed by atoms with E-state index in [1.165, 1.54) is 11.8 Å². The summed E-state index contributed by atoms with van der Waals surface area (Å²) in [7, 11) is 0. The Labute approximate surface area is 142 Å². The zero-order valence-corrected chi connectivity index (χ0v) is 13.3. The Balaban J connectivity index is 1.46. The fourth-order valence-corrected chi connectivity index (χ4v) is 3.34. The van der Waals surface area contributed by atoms with Gasteiger partial charge in [-0.2, -0.15) is 5.10 Å². The number of amides is 1. The van der Waals surface area contributed by atoms with Gasteiger partial charge in [-0.05, 0) is 29.3 Å². The summed E-state index contributed by atoms with van der Waals surface area (Å²) >= 11 is 1.36. The summed E-state index contributed by atoms with van der Waals surface area (Å²) in [5, 5.41) is 11.1. The third-order valence-corrected chi connectivity index (χ3v) is 4.68. The zero-order valence-electron chi connectivity index (χ0n) is 12.5. The lowest BCUT2D eigenvalue weighted by Crippen LogP contribution is -2.21. The van der Waals surface area contributed by atoms with E-state index in [4.69, 9.17) is 9.47 Å². The van der Waals surface area contributed by atoms with Gasteiger partial charge in [0.05, 0.1) is 6.21 Å². The monoisotopic (exact) mass is 339 g/mol. The first-order valence-electron chi connectivity index (χ1n) is 7.33. The molecule has 1 amide bonds. The van der Waals surface area contributed by atoms with Crippen LogP contribution in [0.2, 0.25) is 0 Å². The molecule has 1 N–H and O–H groups in total. The Morgan fingerprint density at radius 1 is 1.12 bits per heavy atom. The summed E-state index contributed by atoms with van der Waals surface area (Å²) in [5.41, 5.74) is 1.79. The number of fused-ring (bicyclic) bond motifs is 1. The van der Waals surface area contributed by atoms with Crippen LogP contribution in [0.15, 0.2) is 58.7 Å². The van der Waals surface area contributed by atoms with E-state index < -0.39 is 0 Å². The lowest BCUT2D eigenvalue weighted by atomic mass is 10.1. The van der Waals surface area contributed by atoms with Crippen LogP contribution in [0.5, 0.6) is 11.5 Å². The fourth-order valence-electron chi connectivity index (χ4n) is 2.40. The highest BCUT2D eigenvalue weighted by molar-refractivity contribution is 8.15. The standard InChI is InChI=1S/C17H13N3O3S/c21-16-15(12-4-2-1-3-5-12)24-17(19-16)20-18-9-11-6-7-13-14(8-11)23-10-22-13/h1-9,15H,10H2,(H,19,20,21). The number of nitrogens with one attached hydrogen (secondary N) is 1.